The number of rotatable bonds is 0. The van der Waals surface area contributed by atoms with Crippen molar-refractivity contribution in [2.45, 2.75) is 55.4 Å². The first-order chi connectivity index (χ1) is 12.3. The average Bonchev–Trinajstić information content (AvgIpc) is 2.93. The summed E-state index contributed by atoms with van der Waals surface area (Å²) >= 11 is 0. The van der Waals surface area contributed by atoms with E-state index >= 15 is 0 Å². The Bertz CT molecular complexity index is 1160. The molecule has 3 heteroatoms. The molecule has 0 N–H and O–H groups in total. The van der Waals surface area contributed by atoms with Crippen molar-refractivity contribution in [3.8, 4) is 0 Å². The van der Waals surface area contributed by atoms with Crippen LogP contribution in [0.3, 0.4) is 0 Å². The van der Waals surface area contributed by atoms with Crippen molar-refractivity contribution in [3.05, 3.63) is 51.8 Å². The molecule has 3 nitrogen and oxygen atoms in total. The van der Waals surface area contributed by atoms with Gasteiger partial charge >= 0.3 is 0 Å². The third-order valence-electron chi connectivity index (χ3n) is 5.88. The third-order valence-corrected chi connectivity index (χ3v) is 5.88. The Morgan fingerprint density at radius 1 is 0.808 bits per heavy atom. The van der Waals surface area contributed by atoms with Crippen molar-refractivity contribution in [1.82, 2.24) is 9.61 Å². The van der Waals surface area contributed by atoms with Gasteiger partial charge in [0.1, 0.15) is 0 Å². The van der Waals surface area contributed by atoms with Crippen LogP contribution in [-0.2, 0) is 7.05 Å². The summed E-state index contributed by atoms with van der Waals surface area (Å²) in [6, 6.07) is 6.62. The van der Waals surface area contributed by atoms with Crippen LogP contribution in [0.15, 0.2) is 18.2 Å². The number of aromatic nitrogens is 3. The van der Waals surface area contributed by atoms with Gasteiger partial charge in [-0.1, -0.05) is 36.6 Å². The van der Waals surface area contributed by atoms with E-state index in [2.05, 4.69) is 75.9 Å². The molecule has 0 amide bonds. The molecule has 0 aliphatic heterocycles. The average molecular weight is 349 g/mol. The van der Waals surface area contributed by atoms with Gasteiger partial charge in [0.2, 0.25) is 0 Å². The number of fused-ring (bicyclic) bond motifs is 6. The highest BCUT2D eigenvalue weighted by Crippen LogP contribution is 2.36. The summed E-state index contributed by atoms with van der Waals surface area (Å²) < 4.78 is 4.37. The minimum Gasteiger partial charge on any atom is -0.230 e. The lowest BCUT2D eigenvalue weighted by Gasteiger charge is -2.15. The van der Waals surface area contributed by atoms with E-state index in [1.54, 1.807) is 0 Å². The van der Waals surface area contributed by atoms with Gasteiger partial charge in [0, 0.05) is 17.4 Å². The van der Waals surface area contributed by atoms with E-state index in [-0.39, 0.29) is 0 Å². The molecule has 0 spiro atoms. The second-order valence-electron chi connectivity index (χ2n) is 7.06. The fourth-order valence-electron chi connectivity index (χ4n) is 4.04. The van der Waals surface area contributed by atoms with Crippen molar-refractivity contribution in [2.75, 3.05) is 0 Å². The molecule has 2 aromatic carbocycles. The Balaban J connectivity index is 0.000000948. The second-order valence-corrected chi connectivity index (χ2v) is 7.06. The van der Waals surface area contributed by atoms with Gasteiger partial charge < -0.3 is 0 Å². The lowest BCUT2D eigenvalue weighted by atomic mass is 9.91. The number of pyridine rings is 1. The van der Waals surface area contributed by atoms with Gasteiger partial charge in [-0.3, -0.25) is 0 Å². The van der Waals surface area contributed by atoms with E-state index in [0.29, 0.717) is 0 Å². The number of aryl methyl sites for hydroxylation is 5. The zero-order chi connectivity index (χ0) is 19.3. The van der Waals surface area contributed by atoms with Crippen LogP contribution < -0.4 is 4.57 Å². The Morgan fingerprint density at radius 3 is 2.08 bits per heavy atom. The zero-order valence-corrected chi connectivity index (χ0v) is 17.6. The van der Waals surface area contributed by atoms with E-state index in [1.807, 2.05) is 13.8 Å². The highest BCUT2D eigenvalue weighted by molar-refractivity contribution is 6.14. The molecule has 0 radical (unpaired) electrons. The lowest BCUT2D eigenvalue weighted by molar-refractivity contribution is -0.651. The number of hydrogen-bond acceptors (Lipinski definition) is 1. The quantitative estimate of drug-likeness (QED) is 0.310. The maximum atomic E-state index is 4.88. The van der Waals surface area contributed by atoms with Crippen molar-refractivity contribution in [1.29, 1.82) is 0 Å². The van der Waals surface area contributed by atoms with E-state index < -0.39 is 0 Å². The summed E-state index contributed by atoms with van der Waals surface area (Å²) in [4.78, 5) is 0. The molecular formula is C23H30N3+. The van der Waals surface area contributed by atoms with Crippen LogP contribution in [0.5, 0.6) is 0 Å². The monoisotopic (exact) mass is 348 g/mol. The van der Waals surface area contributed by atoms with E-state index in [0.717, 1.165) is 5.82 Å². The minimum atomic E-state index is 1.03. The van der Waals surface area contributed by atoms with E-state index in [4.69, 9.17) is 5.10 Å². The van der Waals surface area contributed by atoms with E-state index in [1.165, 1.54) is 55.1 Å². The van der Waals surface area contributed by atoms with Gasteiger partial charge in [0.05, 0.1) is 12.4 Å². The third kappa shape index (κ3) is 2.26. The zero-order valence-electron chi connectivity index (χ0n) is 17.6. The molecule has 0 fully saturated rings. The fourth-order valence-corrected chi connectivity index (χ4v) is 4.04. The summed E-state index contributed by atoms with van der Waals surface area (Å²) in [7, 11) is 2.11. The first-order valence-electron chi connectivity index (χ1n) is 9.51. The van der Waals surface area contributed by atoms with Gasteiger partial charge in [-0.25, -0.2) is 4.57 Å². The highest BCUT2D eigenvalue weighted by atomic mass is 15.3. The molecule has 4 rings (SSSR count). The molecule has 0 atom stereocenters. The van der Waals surface area contributed by atoms with Gasteiger partial charge in [-0.05, 0) is 67.8 Å². The maximum Gasteiger partial charge on any atom is 0.275 e. The smallest absolute Gasteiger partial charge is 0.230 e. The lowest BCUT2D eigenvalue weighted by Crippen LogP contribution is -2.30. The standard InChI is InChI=1S/C21H24N3.C2H6/c1-11-9-8-10-17-18(11)21-23(7)16(6)22-24(21)20-15(5)13(3)12(2)14(4)19(17)20;1-2/h8-10H,1-7H3;1-2H3/q+1;. The largest absolute Gasteiger partial charge is 0.275 e. The second kappa shape index (κ2) is 6.39. The van der Waals surface area contributed by atoms with Crippen LogP contribution in [0.4, 0.5) is 0 Å². The van der Waals surface area contributed by atoms with Crippen molar-refractivity contribution in [3.63, 3.8) is 0 Å². The van der Waals surface area contributed by atoms with Crippen molar-refractivity contribution >= 4 is 27.3 Å². The molecular weight excluding hydrogens is 318 g/mol. The van der Waals surface area contributed by atoms with Gasteiger partial charge in [0.15, 0.2) is 5.52 Å². The van der Waals surface area contributed by atoms with E-state index in [9.17, 15) is 0 Å². The summed E-state index contributed by atoms with van der Waals surface area (Å²) in [6.45, 7) is 17.2. The predicted molar refractivity (Wildman–Crippen MR) is 111 cm³/mol. The molecule has 0 unspecified atom stereocenters. The van der Waals surface area contributed by atoms with Crippen LogP contribution in [0, 0.1) is 41.5 Å². The summed E-state index contributed by atoms with van der Waals surface area (Å²) in [6.07, 6.45) is 0. The van der Waals surface area contributed by atoms with Gasteiger partial charge in [-0.15, -0.1) is 0 Å². The Morgan fingerprint density at radius 2 is 1.42 bits per heavy atom. The minimum absolute atomic E-state index is 1.03. The maximum absolute atomic E-state index is 4.88. The molecule has 2 heterocycles. The fraction of sp³-hybridized carbons (Fsp3) is 0.391. The van der Waals surface area contributed by atoms with Crippen LogP contribution in [0.1, 0.15) is 47.5 Å². The SMILES string of the molecule is CC.Cc1c(C)c(C)c2c(c1C)c1cccc(C)c1c1n2nc(C)[n+]1C. The van der Waals surface area contributed by atoms with Gasteiger partial charge in [0.25, 0.3) is 11.5 Å². The first kappa shape index (κ1) is 18.4. The summed E-state index contributed by atoms with van der Waals surface area (Å²) in [5, 5.41) is 8.86. The van der Waals surface area contributed by atoms with Crippen molar-refractivity contribution in [2.24, 2.45) is 7.05 Å². The molecule has 0 bridgehead atoms. The molecule has 4 aromatic rings. The number of benzene rings is 2. The normalized spacial score (nSPS) is 11.3. The molecule has 0 aliphatic carbocycles. The topological polar surface area (TPSA) is 21.2 Å². The highest BCUT2D eigenvalue weighted by Gasteiger charge is 2.25. The molecule has 0 saturated heterocycles. The molecule has 0 aliphatic rings. The van der Waals surface area contributed by atoms with Crippen molar-refractivity contribution < 1.29 is 4.57 Å². The Labute approximate surface area is 156 Å². The van der Waals surface area contributed by atoms with Crippen LogP contribution in [-0.4, -0.2) is 9.61 Å². The Hall–Kier alpha value is -2.42. The van der Waals surface area contributed by atoms with Crippen LogP contribution in [0.25, 0.3) is 27.3 Å². The summed E-state index contributed by atoms with van der Waals surface area (Å²) in [5.74, 6) is 1.03. The number of hydrogen-bond donors (Lipinski definition) is 0. The molecule has 0 saturated carbocycles. The number of nitrogens with zero attached hydrogens (tertiary/aromatic N) is 3. The summed E-state index contributed by atoms with van der Waals surface area (Å²) in [5.41, 5.74) is 9.15. The molecule has 2 aromatic heterocycles. The molecule has 26 heavy (non-hydrogen) atoms. The predicted octanol–water partition coefficient (Wildman–Crippen LogP) is 5.34. The Kier molecular flexibility index (Phi) is 4.51. The van der Waals surface area contributed by atoms with Crippen LogP contribution >= 0.6 is 0 Å². The first-order valence-corrected chi connectivity index (χ1v) is 9.51. The molecule has 136 valence electrons. The van der Waals surface area contributed by atoms with Crippen LogP contribution in [0.2, 0.25) is 0 Å². The van der Waals surface area contributed by atoms with Gasteiger partial charge in [-0.2, -0.15) is 0 Å².